The number of thioether (sulfide) groups is 1. The molecule has 0 bridgehead atoms. The highest BCUT2D eigenvalue weighted by atomic mass is 35.5. The van der Waals surface area contributed by atoms with Gasteiger partial charge in [0.2, 0.25) is 5.91 Å². The average Bonchev–Trinajstić information content (AvgIpc) is 3.66. The molecule has 2 aliphatic heterocycles. The summed E-state index contributed by atoms with van der Waals surface area (Å²) in [5.41, 5.74) is 3.75. The maximum Gasteiger partial charge on any atom is 0.254 e. The van der Waals surface area contributed by atoms with Crippen molar-refractivity contribution >= 4 is 58.2 Å². The van der Waals surface area contributed by atoms with Crippen LogP contribution in [0, 0.1) is 0 Å². The van der Waals surface area contributed by atoms with Gasteiger partial charge in [-0.15, -0.1) is 11.8 Å². The Labute approximate surface area is 298 Å². The smallest absolute Gasteiger partial charge is 0.254 e. The first-order valence-corrected chi connectivity index (χ1v) is 18.1. The Balaban J connectivity index is 1.06. The SMILES string of the molecule is O=C(NC[C@H](O)[C@@H](O)[C@H](O)[C@H](O)CO)c1cnn(Cc2cc(Cl)c(CN3CSC[C@H]3C(=O)N3CCN(C4CC4)c4ccccc43)cc2Cl)c1. The van der Waals surface area contributed by atoms with Crippen molar-refractivity contribution in [1.29, 1.82) is 0 Å². The number of benzene rings is 2. The van der Waals surface area contributed by atoms with Gasteiger partial charge >= 0.3 is 0 Å². The van der Waals surface area contributed by atoms with Crippen molar-refractivity contribution in [3.8, 4) is 0 Å². The molecule has 1 saturated carbocycles. The van der Waals surface area contributed by atoms with Crippen molar-refractivity contribution in [2.24, 2.45) is 0 Å². The number of amides is 2. The van der Waals surface area contributed by atoms with Gasteiger partial charge in [0.15, 0.2) is 0 Å². The lowest BCUT2D eigenvalue weighted by atomic mass is 10.0. The van der Waals surface area contributed by atoms with E-state index in [1.807, 2.05) is 23.1 Å². The van der Waals surface area contributed by atoms with E-state index in [9.17, 15) is 30.0 Å². The van der Waals surface area contributed by atoms with Gasteiger partial charge in [0.05, 0.1) is 48.4 Å². The minimum absolute atomic E-state index is 0.0917. The summed E-state index contributed by atoms with van der Waals surface area (Å²) in [7, 11) is 0. The summed E-state index contributed by atoms with van der Waals surface area (Å²) in [6.07, 6.45) is -1.61. The summed E-state index contributed by atoms with van der Waals surface area (Å²) in [5.74, 6) is 0.885. The number of hydrogen-bond acceptors (Lipinski definition) is 11. The number of para-hydroxylation sites is 2. The van der Waals surface area contributed by atoms with E-state index in [0.717, 1.165) is 23.5 Å². The van der Waals surface area contributed by atoms with Crippen molar-refractivity contribution in [3.05, 3.63) is 75.5 Å². The summed E-state index contributed by atoms with van der Waals surface area (Å²) in [5, 5.41) is 55.8. The Morgan fingerprint density at radius 3 is 2.33 bits per heavy atom. The number of fused-ring (bicyclic) bond motifs is 1. The van der Waals surface area contributed by atoms with Gasteiger partial charge in [-0.2, -0.15) is 5.10 Å². The zero-order valence-corrected chi connectivity index (χ0v) is 28.9. The summed E-state index contributed by atoms with van der Waals surface area (Å²) in [4.78, 5) is 33.1. The standard InChI is InChI=1S/C33H40Cl2N6O7S/c34-23-10-20(14-39-15-21(11-37-39)32(47)36-12-28(43)30(45)31(46)29(44)16-42)24(35)9-19(23)13-38-18-49-17-27(38)33(48)41-8-7-40(22-5-6-22)25-3-1-2-4-26(25)41/h1-4,9-11,15,22,27-31,42-46H,5-8,12-14,16-18H2,(H,36,47)/t27-,28-,29+,30+,31+/m0/s1. The van der Waals surface area contributed by atoms with E-state index in [-0.39, 0.29) is 24.1 Å². The van der Waals surface area contributed by atoms with Crippen molar-refractivity contribution in [2.45, 2.75) is 62.4 Å². The van der Waals surface area contributed by atoms with Crippen LogP contribution in [0.2, 0.25) is 10.0 Å². The third kappa shape index (κ3) is 8.03. The lowest BCUT2D eigenvalue weighted by Gasteiger charge is -2.39. The monoisotopic (exact) mass is 734 g/mol. The maximum absolute atomic E-state index is 14.0. The van der Waals surface area contributed by atoms with Crippen LogP contribution in [0.25, 0.3) is 0 Å². The van der Waals surface area contributed by atoms with Crippen molar-refractivity contribution in [2.75, 3.05) is 47.7 Å². The molecule has 264 valence electrons. The summed E-state index contributed by atoms with van der Waals surface area (Å²) in [6, 6.07) is 12.0. The number of carbonyl (C=O) groups excluding carboxylic acids is 2. The van der Waals surface area contributed by atoms with E-state index in [4.69, 9.17) is 28.3 Å². The molecule has 0 spiro atoms. The lowest BCUT2D eigenvalue weighted by Crippen LogP contribution is -2.52. The minimum atomic E-state index is -1.79. The van der Waals surface area contributed by atoms with Crippen molar-refractivity contribution in [3.63, 3.8) is 0 Å². The number of halogens is 2. The number of rotatable bonds is 13. The molecular formula is C33H40Cl2N6O7S. The van der Waals surface area contributed by atoms with E-state index >= 15 is 0 Å². The molecule has 3 heterocycles. The fourth-order valence-electron chi connectivity index (χ4n) is 6.23. The van der Waals surface area contributed by atoms with E-state index < -0.39 is 43.5 Å². The Morgan fingerprint density at radius 2 is 1.63 bits per heavy atom. The molecule has 6 N–H and O–H groups in total. The molecule has 13 nitrogen and oxygen atoms in total. The number of aliphatic hydroxyl groups is 5. The molecule has 2 fully saturated rings. The first-order valence-electron chi connectivity index (χ1n) is 16.1. The molecule has 16 heteroatoms. The molecule has 0 unspecified atom stereocenters. The van der Waals surface area contributed by atoms with Crippen LogP contribution in [-0.4, -0.2) is 126 Å². The fraction of sp³-hybridized carbons (Fsp3) is 0.485. The first-order chi connectivity index (χ1) is 23.5. The van der Waals surface area contributed by atoms with Crippen LogP contribution in [0.1, 0.15) is 34.3 Å². The molecule has 49 heavy (non-hydrogen) atoms. The van der Waals surface area contributed by atoms with E-state index in [1.54, 1.807) is 23.9 Å². The predicted octanol–water partition coefficient (Wildman–Crippen LogP) is 1.29. The quantitative estimate of drug-likeness (QED) is 0.149. The molecule has 3 aromatic rings. The molecule has 2 aromatic carbocycles. The average molecular weight is 736 g/mol. The molecule has 1 aliphatic carbocycles. The lowest BCUT2D eigenvalue weighted by molar-refractivity contribution is -0.122. The van der Waals surface area contributed by atoms with Crippen LogP contribution >= 0.6 is 35.0 Å². The largest absolute Gasteiger partial charge is 0.394 e. The Morgan fingerprint density at radius 1 is 0.959 bits per heavy atom. The number of carbonyl (C=O) groups is 2. The van der Waals surface area contributed by atoms with Gasteiger partial charge in [-0.25, -0.2) is 0 Å². The van der Waals surface area contributed by atoms with Crippen LogP contribution in [0.5, 0.6) is 0 Å². The number of hydrogen-bond donors (Lipinski definition) is 6. The topological polar surface area (TPSA) is 175 Å². The first kappa shape index (κ1) is 35.9. The van der Waals surface area contributed by atoms with Crippen LogP contribution in [0.4, 0.5) is 11.4 Å². The van der Waals surface area contributed by atoms with E-state index in [0.29, 0.717) is 46.4 Å². The number of anilines is 2. The molecule has 1 aromatic heterocycles. The highest BCUT2D eigenvalue weighted by Crippen LogP contribution is 2.41. The molecule has 1 saturated heterocycles. The van der Waals surface area contributed by atoms with Gasteiger partial charge in [-0.3, -0.25) is 19.2 Å². The third-order valence-corrected chi connectivity index (χ3v) is 10.9. The Bertz CT molecular complexity index is 1660. The van der Waals surface area contributed by atoms with Gasteiger partial charge < -0.3 is 40.6 Å². The summed E-state index contributed by atoms with van der Waals surface area (Å²) >= 11 is 15.2. The van der Waals surface area contributed by atoms with Gasteiger partial charge in [-0.05, 0) is 48.2 Å². The van der Waals surface area contributed by atoms with Crippen molar-refractivity contribution in [1.82, 2.24) is 20.0 Å². The van der Waals surface area contributed by atoms with Crippen LogP contribution in [0.3, 0.4) is 0 Å². The van der Waals surface area contributed by atoms with Crippen molar-refractivity contribution < 1.29 is 35.1 Å². The number of aliphatic hydroxyl groups excluding tert-OH is 5. The molecule has 5 atom stereocenters. The number of nitrogens with zero attached hydrogens (tertiary/aromatic N) is 5. The van der Waals surface area contributed by atoms with Crippen LogP contribution < -0.4 is 15.1 Å². The second-order valence-electron chi connectivity index (χ2n) is 12.6. The Kier molecular flexibility index (Phi) is 11.4. The number of aromatic nitrogens is 2. The third-order valence-electron chi connectivity index (χ3n) is 9.17. The van der Waals surface area contributed by atoms with E-state index in [1.165, 1.54) is 29.9 Å². The minimum Gasteiger partial charge on any atom is -0.394 e. The summed E-state index contributed by atoms with van der Waals surface area (Å²) in [6.45, 7) is 0.928. The van der Waals surface area contributed by atoms with Gasteiger partial charge in [0.1, 0.15) is 18.3 Å². The second-order valence-corrected chi connectivity index (χ2v) is 14.4. The van der Waals surface area contributed by atoms with E-state index in [2.05, 4.69) is 26.3 Å². The molecule has 2 amide bonds. The molecule has 0 radical (unpaired) electrons. The normalized spacial score (nSPS) is 20.5. The van der Waals surface area contributed by atoms with Gasteiger partial charge in [0.25, 0.3) is 5.91 Å². The van der Waals surface area contributed by atoms with Gasteiger partial charge in [-0.1, -0.05) is 35.3 Å². The summed E-state index contributed by atoms with van der Waals surface area (Å²) < 4.78 is 1.51. The van der Waals surface area contributed by atoms with Crippen LogP contribution in [0.15, 0.2) is 48.8 Å². The Hall–Kier alpha value is -2.92. The molecule has 6 rings (SSSR count). The highest BCUT2D eigenvalue weighted by molar-refractivity contribution is 7.99. The predicted molar refractivity (Wildman–Crippen MR) is 187 cm³/mol. The zero-order chi connectivity index (χ0) is 34.8. The highest BCUT2D eigenvalue weighted by Gasteiger charge is 2.40. The van der Waals surface area contributed by atoms with Gasteiger partial charge in [0, 0.05) is 60.1 Å². The number of nitrogens with one attached hydrogen (secondary N) is 1. The maximum atomic E-state index is 14.0. The molecular weight excluding hydrogens is 695 g/mol. The molecule has 3 aliphatic rings. The van der Waals surface area contributed by atoms with Crippen LogP contribution in [-0.2, 0) is 17.9 Å². The fourth-order valence-corrected chi connectivity index (χ4v) is 7.91. The second kappa shape index (κ2) is 15.5. The zero-order valence-electron chi connectivity index (χ0n) is 26.6.